The smallest absolute Gasteiger partial charge is 0.241 e. The van der Waals surface area contributed by atoms with Gasteiger partial charge in [-0.15, -0.1) is 12.4 Å². The van der Waals surface area contributed by atoms with Gasteiger partial charge in [0.05, 0.1) is 6.04 Å². The molecule has 1 atom stereocenters. The fourth-order valence-corrected chi connectivity index (χ4v) is 2.56. The lowest BCUT2D eigenvalue weighted by Crippen LogP contribution is -2.37. The Hall–Kier alpha value is -1.13. The van der Waals surface area contributed by atoms with Crippen molar-refractivity contribution in [3.8, 4) is 0 Å². The molecule has 1 aliphatic carbocycles. The van der Waals surface area contributed by atoms with Crippen LogP contribution in [0.4, 0.5) is 5.69 Å². The lowest BCUT2D eigenvalue weighted by Gasteiger charge is -2.24. The summed E-state index contributed by atoms with van der Waals surface area (Å²) in [5.41, 5.74) is 6.73. The van der Waals surface area contributed by atoms with Crippen molar-refractivity contribution in [1.82, 2.24) is 4.98 Å². The summed E-state index contributed by atoms with van der Waals surface area (Å²) < 4.78 is 0. The predicted octanol–water partition coefficient (Wildman–Crippen LogP) is 2.74. The van der Waals surface area contributed by atoms with Crippen LogP contribution in [0.2, 0.25) is 0 Å². The molecule has 1 aromatic heterocycles. The highest BCUT2D eigenvalue weighted by Gasteiger charge is 2.21. The van der Waals surface area contributed by atoms with Gasteiger partial charge in [-0.25, -0.2) is 0 Å². The first kappa shape index (κ1) is 15.9. The number of hydrogen-bond acceptors (Lipinski definition) is 3. The Labute approximate surface area is 120 Å². The minimum absolute atomic E-state index is 0. The zero-order valence-electron chi connectivity index (χ0n) is 11.0. The zero-order chi connectivity index (χ0) is 12.8. The first-order valence-electron chi connectivity index (χ1n) is 6.72. The molecule has 1 fully saturated rings. The number of nitrogens with two attached hydrogens (primary N) is 1. The van der Waals surface area contributed by atoms with Crippen LogP contribution in [0, 0.1) is 5.92 Å². The first-order valence-corrected chi connectivity index (χ1v) is 6.72. The van der Waals surface area contributed by atoms with Gasteiger partial charge in [0.2, 0.25) is 5.91 Å². The minimum Gasteiger partial charge on any atom is -0.325 e. The number of nitrogens with zero attached hydrogens (tertiary/aromatic N) is 1. The Bertz CT molecular complexity index is 380. The second-order valence-corrected chi connectivity index (χ2v) is 5.07. The second-order valence-electron chi connectivity index (χ2n) is 5.07. The Balaban J connectivity index is 0.00000180. The van der Waals surface area contributed by atoms with Crippen LogP contribution in [-0.4, -0.2) is 16.9 Å². The topological polar surface area (TPSA) is 68.0 Å². The van der Waals surface area contributed by atoms with E-state index >= 15 is 0 Å². The van der Waals surface area contributed by atoms with Gasteiger partial charge in [0.15, 0.2) is 0 Å². The van der Waals surface area contributed by atoms with E-state index in [0.717, 1.165) is 12.1 Å². The van der Waals surface area contributed by atoms with Gasteiger partial charge in [-0.1, -0.05) is 32.1 Å². The number of carbonyl (C=O) groups is 1. The molecule has 5 heteroatoms. The molecule has 0 saturated heterocycles. The predicted molar refractivity (Wildman–Crippen MR) is 79.3 cm³/mol. The molecule has 4 nitrogen and oxygen atoms in total. The summed E-state index contributed by atoms with van der Waals surface area (Å²) in [6.45, 7) is 0. The van der Waals surface area contributed by atoms with Crippen molar-refractivity contribution >= 4 is 24.0 Å². The molecule has 1 amide bonds. The van der Waals surface area contributed by atoms with Gasteiger partial charge in [0.1, 0.15) is 0 Å². The monoisotopic (exact) mass is 283 g/mol. The van der Waals surface area contributed by atoms with Crippen LogP contribution < -0.4 is 11.1 Å². The third-order valence-electron chi connectivity index (χ3n) is 3.60. The van der Waals surface area contributed by atoms with Crippen molar-refractivity contribution in [2.24, 2.45) is 11.7 Å². The molecule has 19 heavy (non-hydrogen) atoms. The van der Waals surface area contributed by atoms with Gasteiger partial charge in [-0.3, -0.25) is 9.78 Å². The minimum atomic E-state index is -0.402. The molecule has 0 aliphatic heterocycles. The number of pyridine rings is 1. The Morgan fingerprint density at radius 1 is 1.32 bits per heavy atom. The van der Waals surface area contributed by atoms with Crippen LogP contribution in [0.5, 0.6) is 0 Å². The van der Waals surface area contributed by atoms with Gasteiger partial charge >= 0.3 is 0 Å². The lowest BCUT2D eigenvalue weighted by molar-refractivity contribution is -0.117. The van der Waals surface area contributed by atoms with Crippen molar-refractivity contribution in [3.63, 3.8) is 0 Å². The van der Waals surface area contributed by atoms with Crippen LogP contribution in [0.15, 0.2) is 24.5 Å². The summed E-state index contributed by atoms with van der Waals surface area (Å²) in [6, 6.07) is 3.14. The number of amides is 1. The highest BCUT2D eigenvalue weighted by atomic mass is 35.5. The van der Waals surface area contributed by atoms with Crippen molar-refractivity contribution in [3.05, 3.63) is 24.5 Å². The average molecular weight is 284 g/mol. The molecule has 1 aliphatic rings. The number of hydrogen-bond donors (Lipinski definition) is 2. The largest absolute Gasteiger partial charge is 0.325 e. The summed E-state index contributed by atoms with van der Waals surface area (Å²) in [5, 5.41) is 2.83. The summed E-state index contributed by atoms with van der Waals surface area (Å²) >= 11 is 0. The van der Waals surface area contributed by atoms with Crippen LogP contribution in [-0.2, 0) is 4.79 Å². The van der Waals surface area contributed by atoms with E-state index in [9.17, 15) is 4.79 Å². The average Bonchev–Trinajstić information content (AvgIpc) is 2.41. The molecule has 1 aromatic rings. The van der Waals surface area contributed by atoms with E-state index in [2.05, 4.69) is 10.3 Å². The molecular formula is C14H22ClN3O. The highest BCUT2D eigenvalue weighted by molar-refractivity contribution is 5.94. The molecule has 0 spiro atoms. The molecule has 2 rings (SSSR count). The van der Waals surface area contributed by atoms with E-state index in [1.54, 1.807) is 24.5 Å². The lowest BCUT2D eigenvalue weighted by atomic mass is 9.85. The second kappa shape index (κ2) is 8.12. The van der Waals surface area contributed by atoms with Gasteiger partial charge in [0, 0.05) is 18.1 Å². The quantitative estimate of drug-likeness (QED) is 0.893. The number of anilines is 1. The van der Waals surface area contributed by atoms with E-state index in [4.69, 9.17) is 5.73 Å². The van der Waals surface area contributed by atoms with E-state index in [1.165, 1.54) is 32.1 Å². The fraction of sp³-hybridized carbons (Fsp3) is 0.571. The molecule has 1 saturated carbocycles. The van der Waals surface area contributed by atoms with E-state index in [-0.39, 0.29) is 18.3 Å². The van der Waals surface area contributed by atoms with Crippen LogP contribution in [0.3, 0.4) is 0 Å². The first-order chi connectivity index (χ1) is 8.75. The maximum Gasteiger partial charge on any atom is 0.241 e. The molecule has 3 N–H and O–H groups in total. The zero-order valence-corrected chi connectivity index (χ0v) is 11.9. The standard InChI is InChI=1S/C14H21N3O.ClH/c15-13(10-11-4-2-1-3-5-11)14(18)17-12-6-8-16-9-7-12;/h6-9,11,13H,1-5,10,15H2,(H,16,17,18);1H/t13-;/m0./s1. The molecule has 0 radical (unpaired) electrons. The molecule has 0 unspecified atom stereocenters. The third-order valence-corrected chi connectivity index (χ3v) is 3.60. The molecular weight excluding hydrogens is 262 g/mol. The van der Waals surface area contributed by atoms with Gasteiger partial charge in [-0.05, 0) is 24.5 Å². The molecule has 1 heterocycles. The highest BCUT2D eigenvalue weighted by Crippen LogP contribution is 2.27. The van der Waals surface area contributed by atoms with Crippen LogP contribution in [0.25, 0.3) is 0 Å². The maximum atomic E-state index is 11.9. The Kier molecular flexibility index (Phi) is 6.81. The van der Waals surface area contributed by atoms with Crippen molar-refractivity contribution in [2.75, 3.05) is 5.32 Å². The van der Waals surface area contributed by atoms with Gasteiger partial charge < -0.3 is 11.1 Å². The number of halogens is 1. The summed E-state index contributed by atoms with van der Waals surface area (Å²) in [7, 11) is 0. The maximum absolute atomic E-state index is 11.9. The fourth-order valence-electron chi connectivity index (χ4n) is 2.56. The number of aromatic nitrogens is 1. The van der Waals surface area contributed by atoms with Gasteiger partial charge in [0.25, 0.3) is 0 Å². The van der Waals surface area contributed by atoms with E-state index < -0.39 is 6.04 Å². The van der Waals surface area contributed by atoms with E-state index in [0.29, 0.717) is 5.92 Å². The summed E-state index contributed by atoms with van der Waals surface area (Å²) in [6.07, 6.45) is 10.4. The summed E-state index contributed by atoms with van der Waals surface area (Å²) in [5.74, 6) is 0.531. The summed E-state index contributed by atoms with van der Waals surface area (Å²) in [4.78, 5) is 15.8. The Morgan fingerprint density at radius 3 is 2.58 bits per heavy atom. The van der Waals surface area contributed by atoms with Gasteiger partial charge in [-0.2, -0.15) is 0 Å². The van der Waals surface area contributed by atoms with Crippen LogP contribution in [0.1, 0.15) is 38.5 Å². The van der Waals surface area contributed by atoms with Crippen molar-refractivity contribution in [2.45, 2.75) is 44.6 Å². The normalized spacial score (nSPS) is 17.3. The molecule has 0 bridgehead atoms. The Morgan fingerprint density at radius 2 is 1.95 bits per heavy atom. The van der Waals surface area contributed by atoms with Crippen molar-refractivity contribution < 1.29 is 4.79 Å². The van der Waals surface area contributed by atoms with Crippen molar-refractivity contribution in [1.29, 1.82) is 0 Å². The van der Waals surface area contributed by atoms with E-state index in [1.807, 2.05) is 0 Å². The SMILES string of the molecule is Cl.N[C@@H](CC1CCCCC1)C(=O)Nc1ccncc1. The number of nitrogens with one attached hydrogen (secondary N) is 1. The molecule has 0 aromatic carbocycles. The number of rotatable bonds is 4. The number of carbonyl (C=O) groups excluding carboxylic acids is 1. The third kappa shape index (κ3) is 5.17. The van der Waals surface area contributed by atoms with Crippen LogP contribution >= 0.6 is 12.4 Å². The molecule has 106 valence electrons.